The molecule has 0 aliphatic rings. The topological polar surface area (TPSA) is 108 Å². The standard InChI is InChI=1S/C62H109NO8/c1-6-8-10-12-14-16-18-20-21-22-23-24-25-26-27-28-29-30-31-32-33-34-35-36-37-38-39-41-43-45-47-49-51-53-60(65)71-58(57-70-62(61(66)67)68-55-54-63(3,4)5)56-69-59(64)52-50-48-46-44-42-40-19-17-15-13-11-9-7-2/h8,10,14,16,20-21,23-24,26-27,29-30,58,62H,6-7,9,11-13,15,17-19,22,25,28,31-57H2,1-5H3/p+1/b10-8-,16-14-,21-20-,24-23-,27-26-,30-29-. The van der Waals surface area contributed by atoms with E-state index in [9.17, 15) is 19.5 Å². The van der Waals surface area contributed by atoms with Gasteiger partial charge < -0.3 is 28.5 Å². The minimum absolute atomic E-state index is 0.181. The molecule has 0 bridgehead atoms. The first kappa shape index (κ1) is 67.7. The number of hydrogen-bond acceptors (Lipinski definition) is 7. The molecule has 0 heterocycles. The monoisotopic (exact) mass is 997 g/mol. The highest BCUT2D eigenvalue weighted by molar-refractivity contribution is 5.71. The van der Waals surface area contributed by atoms with Crippen LogP contribution in [0.3, 0.4) is 0 Å². The molecule has 410 valence electrons. The van der Waals surface area contributed by atoms with Crippen LogP contribution in [0, 0.1) is 0 Å². The number of unbranched alkanes of at least 4 members (excludes halogenated alkanes) is 26. The van der Waals surface area contributed by atoms with E-state index in [1.807, 2.05) is 21.1 Å². The van der Waals surface area contributed by atoms with Gasteiger partial charge in [0.2, 0.25) is 0 Å². The molecule has 71 heavy (non-hydrogen) atoms. The van der Waals surface area contributed by atoms with E-state index in [0.717, 1.165) is 77.0 Å². The van der Waals surface area contributed by atoms with Crippen LogP contribution in [0.5, 0.6) is 0 Å². The Balaban J connectivity index is 4.12. The molecule has 0 fully saturated rings. The Hall–Kier alpha value is -3.27. The number of allylic oxidation sites excluding steroid dienone is 12. The molecule has 1 N–H and O–H groups in total. The summed E-state index contributed by atoms with van der Waals surface area (Å²) in [7, 11) is 5.97. The van der Waals surface area contributed by atoms with Gasteiger partial charge in [0.15, 0.2) is 6.10 Å². The van der Waals surface area contributed by atoms with Gasteiger partial charge in [0.05, 0.1) is 34.4 Å². The van der Waals surface area contributed by atoms with E-state index in [2.05, 4.69) is 86.8 Å². The van der Waals surface area contributed by atoms with Crippen molar-refractivity contribution in [2.75, 3.05) is 47.5 Å². The van der Waals surface area contributed by atoms with Crippen LogP contribution in [0.25, 0.3) is 0 Å². The van der Waals surface area contributed by atoms with E-state index in [4.69, 9.17) is 18.9 Å². The molecule has 0 aromatic carbocycles. The van der Waals surface area contributed by atoms with Gasteiger partial charge in [-0.25, -0.2) is 4.79 Å². The van der Waals surface area contributed by atoms with E-state index in [1.165, 1.54) is 141 Å². The van der Waals surface area contributed by atoms with Gasteiger partial charge in [-0.15, -0.1) is 0 Å². The highest BCUT2D eigenvalue weighted by Gasteiger charge is 2.25. The van der Waals surface area contributed by atoms with Gasteiger partial charge in [-0.05, 0) is 64.2 Å². The van der Waals surface area contributed by atoms with E-state index in [1.54, 1.807) is 0 Å². The molecule has 9 nitrogen and oxygen atoms in total. The number of ether oxygens (including phenoxy) is 4. The lowest BCUT2D eigenvalue weighted by Gasteiger charge is -2.25. The maximum Gasteiger partial charge on any atom is 0.361 e. The molecule has 0 spiro atoms. The summed E-state index contributed by atoms with van der Waals surface area (Å²) in [5, 5.41) is 9.69. The Morgan fingerprint density at radius 3 is 1.20 bits per heavy atom. The maximum atomic E-state index is 12.9. The van der Waals surface area contributed by atoms with E-state index in [-0.39, 0.29) is 32.2 Å². The van der Waals surface area contributed by atoms with Gasteiger partial charge in [-0.3, -0.25) is 9.59 Å². The second-order valence-electron chi connectivity index (χ2n) is 20.6. The first-order valence-corrected chi connectivity index (χ1v) is 29.1. The maximum absolute atomic E-state index is 12.9. The number of carbonyl (C=O) groups excluding carboxylic acids is 2. The SMILES string of the molecule is CC/C=C\C/C=C\C/C=C\C/C=C\C/C=C\C/C=C\CCCCCCCCCCCCCCCCC(=O)OC(COC(=O)CCCCCCCCCCCCCCC)COC(OCC[N+](C)(C)C)C(=O)O. The molecule has 0 amide bonds. The first-order chi connectivity index (χ1) is 34.6. The van der Waals surface area contributed by atoms with Gasteiger partial charge in [0.25, 0.3) is 6.29 Å². The molecule has 0 aromatic heterocycles. The second kappa shape index (κ2) is 53.0. The summed E-state index contributed by atoms with van der Waals surface area (Å²) in [4.78, 5) is 37.3. The number of carbonyl (C=O) groups is 3. The number of hydrogen-bond donors (Lipinski definition) is 1. The largest absolute Gasteiger partial charge is 0.477 e. The predicted octanol–water partition coefficient (Wildman–Crippen LogP) is 17.0. The molecule has 2 unspecified atom stereocenters. The van der Waals surface area contributed by atoms with Crippen LogP contribution in [0.15, 0.2) is 72.9 Å². The Bertz CT molecular complexity index is 1390. The van der Waals surface area contributed by atoms with Crippen LogP contribution in [-0.2, 0) is 33.3 Å². The molecule has 9 heteroatoms. The Labute approximate surface area is 437 Å². The molecule has 2 atom stereocenters. The zero-order valence-electron chi connectivity index (χ0n) is 46.6. The van der Waals surface area contributed by atoms with Crippen LogP contribution in [-0.4, -0.2) is 87.4 Å². The lowest BCUT2D eigenvalue weighted by atomic mass is 10.0. The zero-order valence-corrected chi connectivity index (χ0v) is 46.6. The van der Waals surface area contributed by atoms with Crippen molar-refractivity contribution in [3.05, 3.63) is 72.9 Å². The average molecular weight is 998 g/mol. The molecule has 0 saturated heterocycles. The summed E-state index contributed by atoms with van der Waals surface area (Å²) in [6.45, 7) is 4.77. The van der Waals surface area contributed by atoms with Crippen LogP contribution in [0.1, 0.15) is 245 Å². The average Bonchev–Trinajstić information content (AvgIpc) is 3.34. The molecule has 0 aliphatic heterocycles. The van der Waals surface area contributed by atoms with Crippen LogP contribution < -0.4 is 0 Å². The van der Waals surface area contributed by atoms with Gasteiger partial charge in [0.1, 0.15) is 13.2 Å². The fourth-order valence-corrected chi connectivity index (χ4v) is 8.02. The highest BCUT2D eigenvalue weighted by atomic mass is 16.7. The lowest BCUT2D eigenvalue weighted by Crippen LogP contribution is -2.40. The Morgan fingerprint density at radius 1 is 0.437 bits per heavy atom. The number of quaternary nitrogens is 1. The Kier molecular flexibility index (Phi) is 50.6. The minimum atomic E-state index is -1.51. The van der Waals surface area contributed by atoms with Gasteiger partial charge >= 0.3 is 17.9 Å². The summed E-state index contributed by atoms with van der Waals surface area (Å²) in [5.74, 6) is -2.00. The fourth-order valence-electron chi connectivity index (χ4n) is 8.02. The van der Waals surface area contributed by atoms with Crippen molar-refractivity contribution >= 4 is 17.9 Å². The molecule has 0 radical (unpaired) electrons. The van der Waals surface area contributed by atoms with Crippen molar-refractivity contribution in [3.8, 4) is 0 Å². The number of esters is 2. The smallest absolute Gasteiger partial charge is 0.361 e. The van der Waals surface area contributed by atoms with Crippen LogP contribution >= 0.6 is 0 Å². The number of carboxylic acids is 1. The summed E-state index contributed by atoms with van der Waals surface area (Å²) in [5.41, 5.74) is 0. The van der Waals surface area contributed by atoms with Crippen molar-refractivity contribution in [3.63, 3.8) is 0 Å². The molecule has 0 rings (SSSR count). The predicted molar refractivity (Wildman–Crippen MR) is 299 cm³/mol. The quantitative estimate of drug-likeness (QED) is 0.0211. The lowest BCUT2D eigenvalue weighted by molar-refractivity contribution is -0.870. The number of nitrogens with zero attached hydrogens (tertiary/aromatic N) is 1. The Morgan fingerprint density at radius 2 is 0.803 bits per heavy atom. The summed E-state index contributed by atoms with van der Waals surface area (Å²) >= 11 is 0. The van der Waals surface area contributed by atoms with Crippen molar-refractivity contribution in [1.29, 1.82) is 0 Å². The van der Waals surface area contributed by atoms with Crippen molar-refractivity contribution in [2.24, 2.45) is 0 Å². The summed E-state index contributed by atoms with van der Waals surface area (Å²) in [6, 6.07) is 0. The molecule has 0 aliphatic carbocycles. The minimum Gasteiger partial charge on any atom is -0.477 e. The van der Waals surface area contributed by atoms with E-state index < -0.39 is 24.3 Å². The summed E-state index contributed by atoms with van der Waals surface area (Å²) in [6.07, 6.45) is 65.6. The third-order valence-corrected chi connectivity index (χ3v) is 12.5. The van der Waals surface area contributed by atoms with Crippen molar-refractivity contribution in [1.82, 2.24) is 0 Å². The van der Waals surface area contributed by atoms with Crippen molar-refractivity contribution < 1.29 is 42.9 Å². The van der Waals surface area contributed by atoms with E-state index in [0.29, 0.717) is 17.4 Å². The second-order valence-corrected chi connectivity index (χ2v) is 20.6. The normalized spacial score (nSPS) is 13.3. The van der Waals surface area contributed by atoms with Crippen LogP contribution in [0.4, 0.5) is 0 Å². The van der Waals surface area contributed by atoms with Gasteiger partial charge in [-0.2, -0.15) is 0 Å². The third kappa shape index (κ3) is 54.3. The molecule has 0 aromatic rings. The van der Waals surface area contributed by atoms with Crippen molar-refractivity contribution in [2.45, 2.75) is 257 Å². The van der Waals surface area contributed by atoms with Crippen LogP contribution in [0.2, 0.25) is 0 Å². The molecular weight excluding hydrogens is 887 g/mol. The zero-order chi connectivity index (χ0) is 52.0. The number of aliphatic carboxylic acids is 1. The van der Waals surface area contributed by atoms with E-state index >= 15 is 0 Å². The molecule has 0 saturated carbocycles. The third-order valence-electron chi connectivity index (χ3n) is 12.5. The number of rotatable bonds is 53. The van der Waals surface area contributed by atoms with Gasteiger partial charge in [0, 0.05) is 12.8 Å². The first-order valence-electron chi connectivity index (χ1n) is 29.1. The summed E-state index contributed by atoms with van der Waals surface area (Å²) < 4.78 is 22.9. The highest BCUT2D eigenvalue weighted by Crippen LogP contribution is 2.16. The molecular formula is C62H110NO8+. The number of likely N-dealkylation sites (N-methyl/N-ethyl adjacent to an activating group) is 1. The van der Waals surface area contributed by atoms with Gasteiger partial charge in [-0.1, -0.05) is 241 Å². The fraction of sp³-hybridized carbons (Fsp3) is 0.758. The number of carboxylic acid groups (broad SMARTS) is 1.